The first-order valence-electron chi connectivity index (χ1n) is 6.64. The second-order valence-corrected chi connectivity index (χ2v) is 5.71. The zero-order valence-corrected chi connectivity index (χ0v) is 12.8. The van der Waals surface area contributed by atoms with Crippen molar-refractivity contribution < 1.29 is 10.0 Å². The van der Waals surface area contributed by atoms with E-state index >= 15 is 0 Å². The van der Waals surface area contributed by atoms with Crippen molar-refractivity contribution in [3.63, 3.8) is 0 Å². The zero-order valence-electron chi connectivity index (χ0n) is 11.2. The molecule has 1 fully saturated rings. The number of benzene rings is 1. The van der Waals surface area contributed by atoms with Crippen LogP contribution in [0.25, 0.3) is 0 Å². The lowest BCUT2D eigenvalue weighted by Gasteiger charge is -2.23. The highest BCUT2D eigenvalue weighted by Gasteiger charge is 2.22. The van der Waals surface area contributed by atoms with Crippen LogP contribution in [-0.4, -0.2) is 54.3 Å². The van der Waals surface area contributed by atoms with Crippen molar-refractivity contribution >= 4 is 27.3 Å². The summed E-state index contributed by atoms with van der Waals surface area (Å²) in [5.41, 5.74) is 0.805. The lowest BCUT2D eigenvalue weighted by atomic mass is 10.2. The highest BCUT2D eigenvalue weighted by molar-refractivity contribution is 9.10. The lowest BCUT2D eigenvalue weighted by molar-refractivity contribution is -0.384. The highest BCUT2D eigenvalue weighted by Crippen LogP contribution is 2.31. The van der Waals surface area contributed by atoms with Crippen LogP contribution in [0.3, 0.4) is 0 Å². The van der Waals surface area contributed by atoms with Crippen molar-refractivity contribution in [2.45, 2.75) is 6.42 Å². The molecule has 2 rings (SSSR count). The molecule has 6 nitrogen and oxygen atoms in total. The van der Waals surface area contributed by atoms with E-state index in [2.05, 4.69) is 25.7 Å². The molecule has 7 heteroatoms. The fourth-order valence-electron chi connectivity index (χ4n) is 2.48. The van der Waals surface area contributed by atoms with Gasteiger partial charge < -0.3 is 10.0 Å². The molecular weight excluding hydrogens is 326 g/mol. The van der Waals surface area contributed by atoms with Crippen LogP contribution in [0.2, 0.25) is 0 Å². The summed E-state index contributed by atoms with van der Waals surface area (Å²) in [6.07, 6.45) is 0.934. The van der Waals surface area contributed by atoms with Crippen molar-refractivity contribution in [1.82, 2.24) is 4.90 Å². The number of anilines is 1. The minimum atomic E-state index is -0.335. The second-order valence-electron chi connectivity index (χ2n) is 4.80. The van der Waals surface area contributed by atoms with Gasteiger partial charge in [-0.2, -0.15) is 0 Å². The maximum Gasteiger partial charge on any atom is 0.292 e. The quantitative estimate of drug-likeness (QED) is 0.667. The number of aliphatic hydroxyl groups excluding tert-OH is 1. The second kappa shape index (κ2) is 7.01. The number of nitro benzene ring substituents is 1. The van der Waals surface area contributed by atoms with Crippen LogP contribution in [0.4, 0.5) is 11.4 Å². The Kier molecular flexibility index (Phi) is 5.33. The van der Waals surface area contributed by atoms with E-state index in [0.29, 0.717) is 12.2 Å². The fourth-order valence-corrected chi connectivity index (χ4v) is 2.83. The smallest absolute Gasteiger partial charge is 0.292 e. The fraction of sp³-hybridized carbons (Fsp3) is 0.538. The van der Waals surface area contributed by atoms with Gasteiger partial charge in [-0.1, -0.05) is 15.9 Å². The predicted molar refractivity (Wildman–Crippen MR) is 81.2 cm³/mol. The summed E-state index contributed by atoms with van der Waals surface area (Å²) < 4.78 is 0.842. The summed E-state index contributed by atoms with van der Waals surface area (Å²) in [4.78, 5) is 15.1. The molecule has 0 amide bonds. The summed E-state index contributed by atoms with van der Waals surface area (Å²) in [7, 11) is 0. The Bertz CT molecular complexity index is 484. The molecule has 0 spiro atoms. The molecule has 20 heavy (non-hydrogen) atoms. The van der Waals surface area contributed by atoms with E-state index in [1.165, 1.54) is 6.07 Å². The number of rotatable bonds is 4. The average Bonchev–Trinajstić information content (AvgIpc) is 2.64. The first-order chi connectivity index (χ1) is 9.61. The van der Waals surface area contributed by atoms with Crippen molar-refractivity contribution in [2.75, 3.05) is 44.2 Å². The third-order valence-corrected chi connectivity index (χ3v) is 3.97. The highest BCUT2D eigenvalue weighted by atomic mass is 79.9. The van der Waals surface area contributed by atoms with Crippen LogP contribution < -0.4 is 4.90 Å². The molecule has 0 aromatic heterocycles. The third-order valence-electron chi connectivity index (χ3n) is 3.48. The minimum absolute atomic E-state index is 0.142. The molecule has 0 bridgehead atoms. The Morgan fingerprint density at radius 2 is 2.10 bits per heavy atom. The molecule has 1 aliphatic heterocycles. The number of hydrogen-bond donors (Lipinski definition) is 1. The summed E-state index contributed by atoms with van der Waals surface area (Å²) >= 11 is 3.38. The van der Waals surface area contributed by atoms with Crippen LogP contribution >= 0.6 is 15.9 Å². The van der Waals surface area contributed by atoms with E-state index in [9.17, 15) is 10.1 Å². The number of halogens is 1. The number of hydrogen-bond acceptors (Lipinski definition) is 5. The minimum Gasteiger partial charge on any atom is -0.395 e. The Balaban J connectivity index is 2.18. The van der Waals surface area contributed by atoms with E-state index in [1.54, 1.807) is 12.1 Å². The molecule has 1 N–H and O–H groups in total. The van der Waals surface area contributed by atoms with Crippen LogP contribution in [-0.2, 0) is 0 Å². The SMILES string of the molecule is O=[N+]([O-])c1ccc(Br)cc1N1CCCN(CCO)CC1. The maximum absolute atomic E-state index is 11.1. The molecule has 1 aromatic rings. The average molecular weight is 344 g/mol. The molecule has 1 saturated heterocycles. The van der Waals surface area contributed by atoms with Crippen LogP contribution in [0.5, 0.6) is 0 Å². The molecule has 0 radical (unpaired) electrons. The first-order valence-corrected chi connectivity index (χ1v) is 7.43. The summed E-state index contributed by atoms with van der Waals surface area (Å²) in [5, 5.41) is 20.1. The molecule has 1 aromatic carbocycles. The summed E-state index contributed by atoms with van der Waals surface area (Å²) in [6, 6.07) is 5.03. The van der Waals surface area contributed by atoms with Gasteiger partial charge in [0, 0.05) is 36.7 Å². The molecule has 0 saturated carbocycles. The monoisotopic (exact) mass is 343 g/mol. The van der Waals surface area contributed by atoms with Crippen LogP contribution in [0.1, 0.15) is 6.42 Å². The van der Waals surface area contributed by atoms with E-state index in [1.807, 2.05) is 0 Å². The van der Waals surface area contributed by atoms with Crippen molar-refractivity contribution in [3.05, 3.63) is 32.8 Å². The van der Waals surface area contributed by atoms with Gasteiger partial charge in [-0.3, -0.25) is 15.0 Å². The van der Waals surface area contributed by atoms with E-state index in [0.717, 1.165) is 37.1 Å². The van der Waals surface area contributed by atoms with Gasteiger partial charge >= 0.3 is 0 Å². The summed E-state index contributed by atoms with van der Waals surface area (Å²) in [5.74, 6) is 0. The zero-order chi connectivity index (χ0) is 14.5. The number of β-amino-alcohol motifs (C(OH)–C–C–N with tert-alkyl or cyclic N) is 1. The number of aliphatic hydroxyl groups is 1. The molecule has 1 aliphatic rings. The van der Waals surface area contributed by atoms with Gasteiger partial charge in [-0.25, -0.2) is 0 Å². The largest absolute Gasteiger partial charge is 0.395 e. The van der Waals surface area contributed by atoms with E-state index in [-0.39, 0.29) is 17.2 Å². The third kappa shape index (κ3) is 3.68. The van der Waals surface area contributed by atoms with Gasteiger partial charge in [0.25, 0.3) is 5.69 Å². The van der Waals surface area contributed by atoms with Gasteiger partial charge in [0.2, 0.25) is 0 Å². The number of nitrogens with zero attached hydrogens (tertiary/aromatic N) is 3. The van der Waals surface area contributed by atoms with Crippen LogP contribution in [0.15, 0.2) is 22.7 Å². The predicted octanol–water partition coefficient (Wildman–Crippen LogP) is 1.86. The lowest BCUT2D eigenvalue weighted by Crippen LogP contribution is -2.32. The van der Waals surface area contributed by atoms with Gasteiger partial charge in [-0.15, -0.1) is 0 Å². The van der Waals surface area contributed by atoms with Crippen molar-refractivity contribution in [2.24, 2.45) is 0 Å². The number of nitro groups is 1. The van der Waals surface area contributed by atoms with Gasteiger partial charge in [-0.05, 0) is 25.1 Å². The van der Waals surface area contributed by atoms with Gasteiger partial charge in [0.05, 0.1) is 11.5 Å². The molecule has 1 heterocycles. The molecule has 0 unspecified atom stereocenters. The Hall–Kier alpha value is -1.18. The topological polar surface area (TPSA) is 69.9 Å². The standard InChI is InChI=1S/C13H18BrN3O3/c14-11-2-3-12(17(19)20)13(10-11)16-5-1-4-15(6-7-16)8-9-18/h2-3,10,18H,1,4-9H2. The van der Waals surface area contributed by atoms with E-state index < -0.39 is 0 Å². The van der Waals surface area contributed by atoms with Gasteiger partial charge in [0.15, 0.2) is 0 Å². The first kappa shape index (κ1) is 15.2. The molecule has 0 aliphatic carbocycles. The normalized spacial score (nSPS) is 17.0. The van der Waals surface area contributed by atoms with Crippen LogP contribution in [0, 0.1) is 10.1 Å². The Labute approximate surface area is 126 Å². The summed E-state index contributed by atoms with van der Waals surface area (Å²) in [6.45, 7) is 4.06. The van der Waals surface area contributed by atoms with Crippen molar-refractivity contribution in [3.8, 4) is 0 Å². The van der Waals surface area contributed by atoms with E-state index in [4.69, 9.17) is 5.11 Å². The molecular formula is C13H18BrN3O3. The van der Waals surface area contributed by atoms with Crippen molar-refractivity contribution in [1.29, 1.82) is 0 Å². The Morgan fingerprint density at radius 1 is 1.30 bits per heavy atom. The Morgan fingerprint density at radius 3 is 2.80 bits per heavy atom. The molecule has 0 atom stereocenters. The molecule has 110 valence electrons. The van der Waals surface area contributed by atoms with Gasteiger partial charge in [0.1, 0.15) is 5.69 Å². The maximum atomic E-state index is 11.1.